The van der Waals surface area contributed by atoms with Crippen LogP contribution < -0.4 is 10.1 Å². The molecule has 214 valence electrons. The number of benzene rings is 3. The number of halogens is 1. The number of rotatable bonds is 9. The van der Waals surface area contributed by atoms with Gasteiger partial charge in [0.15, 0.2) is 0 Å². The maximum absolute atomic E-state index is 13.6. The van der Waals surface area contributed by atoms with Crippen LogP contribution in [0.2, 0.25) is 5.02 Å². The molecule has 0 aliphatic rings. The van der Waals surface area contributed by atoms with Gasteiger partial charge in [-0.15, -0.1) is 0 Å². The first-order valence-corrected chi connectivity index (χ1v) is 14.4. The average molecular weight is 580 g/mol. The van der Waals surface area contributed by atoms with Crippen LogP contribution in [0.25, 0.3) is 22.0 Å². The third-order valence-corrected chi connectivity index (χ3v) is 8.33. The lowest BCUT2D eigenvalue weighted by molar-refractivity contribution is 0.0945. The Balaban J connectivity index is 1.44. The lowest BCUT2D eigenvalue weighted by atomic mass is 9.98. The summed E-state index contributed by atoms with van der Waals surface area (Å²) >= 11 is 6.32. The molecule has 7 nitrogen and oxygen atoms in total. The van der Waals surface area contributed by atoms with Gasteiger partial charge in [-0.05, 0) is 87.1 Å². The zero-order valence-electron chi connectivity index (χ0n) is 24.6. The molecule has 5 aromatic rings. The SMILES string of the molecule is Cc1cc(OCCCc2c(C(=O)NCc3ccc(C#N)cc3)[nH]c3c(-c4c(C)nn(C)c4C)cccc23)cc(C)c1Cl. The minimum Gasteiger partial charge on any atom is -0.494 e. The number of nitrogens with one attached hydrogen (secondary N) is 2. The first-order chi connectivity index (χ1) is 20.2. The number of amides is 1. The number of hydrogen-bond acceptors (Lipinski definition) is 4. The van der Waals surface area contributed by atoms with Crippen LogP contribution in [-0.4, -0.2) is 27.3 Å². The van der Waals surface area contributed by atoms with E-state index in [0.717, 1.165) is 72.9 Å². The van der Waals surface area contributed by atoms with Crippen molar-refractivity contribution in [3.8, 4) is 22.9 Å². The Morgan fingerprint density at radius 2 is 1.81 bits per heavy atom. The summed E-state index contributed by atoms with van der Waals surface area (Å²) in [6.07, 6.45) is 1.37. The van der Waals surface area contributed by atoms with E-state index in [4.69, 9.17) is 21.6 Å². The van der Waals surface area contributed by atoms with Crippen molar-refractivity contribution in [1.29, 1.82) is 5.26 Å². The molecule has 5 rings (SSSR count). The third kappa shape index (κ3) is 5.77. The van der Waals surface area contributed by atoms with Crippen LogP contribution in [0.4, 0.5) is 0 Å². The third-order valence-electron chi connectivity index (χ3n) is 7.73. The molecule has 0 aliphatic heterocycles. The zero-order valence-corrected chi connectivity index (χ0v) is 25.3. The fraction of sp³-hybridized carbons (Fsp3) is 0.265. The van der Waals surface area contributed by atoms with Crippen molar-refractivity contribution in [1.82, 2.24) is 20.1 Å². The molecule has 0 aliphatic carbocycles. The van der Waals surface area contributed by atoms with Crippen molar-refractivity contribution < 1.29 is 9.53 Å². The highest BCUT2D eigenvalue weighted by Crippen LogP contribution is 2.35. The molecular formula is C34H34ClN5O2. The van der Waals surface area contributed by atoms with Crippen LogP contribution in [-0.2, 0) is 20.0 Å². The summed E-state index contributed by atoms with van der Waals surface area (Å²) < 4.78 is 7.97. The summed E-state index contributed by atoms with van der Waals surface area (Å²) in [6.45, 7) is 8.86. The monoisotopic (exact) mass is 579 g/mol. The number of aryl methyl sites for hydroxylation is 5. The Labute approximate surface area is 251 Å². The summed E-state index contributed by atoms with van der Waals surface area (Å²) in [4.78, 5) is 17.1. The van der Waals surface area contributed by atoms with Gasteiger partial charge in [-0.25, -0.2) is 0 Å². The molecule has 0 spiro atoms. The van der Waals surface area contributed by atoms with E-state index in [1.807, 2.05) is 62.8 Å². The molecular weight excluding hydrogens is 546 g/mol. The molecule has 0 atom stereocenters. The normalized spacial score (nSPS) is 11.1. The van der Waals surface area contributed by atoms with Crippen molar-refractivity contribution in [2.75, 3.05) is 6.61 Å². The first kappa shape index (κ1) is 29.0. The van der Waals surface area contributed by atoms with E-state index in [2.05, 4.69) is 40.5 Å². The second kappa shape index (κ2) is 12.1. The van der Waals surface area contributed by atoms with Gasteiger partial charge in [-0.3, -0.25) is 9.48 Å². The quantitative estimate of drug-likeness (QED) is 0.179. The first-order valence-electron chi connectivity index (χ1n) is 14.0. The largest absolute Gasteiger partial charge is 0.494 e. The van der Waals surface area contributed by atoms with Gasteiger partial charge in [0.2, 0.25) is 0 Å². The minimum absolute atomic E-state index is 0.180. The second-order valence-electron chi connectivity index (χ2n) is 10.7. The Bertz CT molecular complexity index is 1800. The predicted octanol–water partition coefficient (Wildman–Crippen LogP) is 7.27. The van der Waals surface area contributed by atoms with Crippen LogP contribution in [0.15, 0.2) is 54.6 Å². The number of aromatic amines is 1. The molecule has 0 radical (unpaired) electrons. The summed E-state index contributed by atoms with van der Waals surface area (Å²) in [5.74, 6) is 0.611. The topological polar surface area (TPSA) is 95.7 Å². The van der Waals surface area contributed by atoms with Gasteiger partial charge in [0, 0.05) is 40.8 Å². The van der Waals surface area contributed by atoms with E-state index >= 15 is 0 Å². The van der Waals surface area contributed by atoms with Crippen molar-refractivity contribution in [3.63, 3.8) is 0 Å². The van der Waals surface area contributed by atoms with Crippen LogP contribution in [0, 0.1) is 39.0 Å². The summed E-state index contributed by atoms with van der Waals surface area (Å²) in [5, 5.41) is 18.5. The number of carbonyl (C=O) groups is 1. The van der Waals surface area contributed by atoms with E-state index in [1.165, 1.54) is 0 Å². The number of hydrogen-bond donors (Lipinski definition) is 2. The van der Waals surface area contributed by atoms with E-state index < -0.39 is 0 Å². The van der Waals surface area contributed by atoms with Gasteiger partial charge in [-0.2, -0.15) is 10.4 Å². The molecule has 2 aromatic heterocycles. The number of carbonyl (C=O) groups excluding carboxylic acids is 1. The number of nitrogens with zero attached hydrogens (tertiary/aromatic N) is 3. The molecule has 42 heavy (non-hydrogen) atoms. The molecule has 2 N–H and O–H groups in total. The average Bonchev–Trinajstić information content (AvgIpc) is 3.48. The molecule has 0 unspecified atom stereocenters. The molecule has 2 heterocycles. The van der Waals surface area contributed by atoms with Gasteiger partial charge in [0.05, 0.1) is 29.5 Å². The minimum atomic E-state index is -0.180. The second-order valence-corrected chi connectivity index (χ2v) is 11.1. The molecule has 3 aromatic carbocycles. The maximum Gasteiger partial charge on any atom is 0.268 e. The Kier molecular flexibility index (Phi) is 8.37. The summed E-state index contributed by atoms with van der Waals surface area (Å²) in [6, 6.07) is 19.4. The number of para-hydroxylation sites is 1. The summed E-state index contributed by atoms with van der Waals surface area (Å²) in [5.41, 5.74) is 9.97. The molecule has 0 saturated heterocycles. The number of ether oxygens (including phenoxy) is 1. The predicted molar refractivity (Wildman–Crippen MR) is 167 cm³/mol. The maximum atomic E-state index is 13.6. The highest BCUT2D eigenvalue weighted by atomic mass is 35.5. The highest BCUT2D eigenvalue weighted by molar-refractivity contribution is 6.32. The lowest BCUT2D eigenvalue weighted by Gasteiger charge is -2.11. The zero-order chi connectivity index (χ0) is 30.0. The van der Waals surface area contributed by atoms with Crippen molar-refractivity contribution in [2.24, 2.45) is 7.05 Å². The van der Waals surface area contributed by atoms with E-state index in [1.54, 1.807) is 12.1 Å². The highest BCUT2D eigenvalue weighted by Gasteiger charge is 2.22. The van der Waals surface area contributed by atoms with Crippen molar-refractivity contribution in [3.05, 3.63) is 105 Å². The standard InChI is InChI=1S/C34H34ClN5O2/c1-20-16-26(17-21(2)31(20)35)42-15-7-10-28-27-8-6-9-29(30-22(3)39-40(5)23(30)4)32(27)38-33(28)34(41)37-19-25-13-11-24(18-36)12-14-25/h6,8-9,11-14,16-17,38H,7,10,15,19H2,1-5H3,(H,37,41). The van der Waals surface area contributed by atoms with Gasteiger partial charge >= 0.3 is 0 Å². The molecule has 8 heteroatoms. The van der Waals surface area contributed by atoms with E-state index in [-0.39, 0.29) is 5.91 Å². The lowest BCUT2D eigenvalue weighted by Crippen LogP contribution is -2.24. The van der Waals surface area contributed by atoms with Gasteiger partial charge in [0.1, 0.15) is 11.4 Å². The summed E-state index contributed by atoms with van der Waals surface area (Å²) in [7, 11) is 1.94. The molecule has 0 fully saturated rings. The Hall–Kier alpha value is -4.54. The number of nitriles is 1. The van der Waals surface area contributed by atoms with E-state index in [9.17, 15) is 4.79 Å². The van der Waals surface area contributed by atoms with Gasteiger partial charge < -0.3 is 15.0 Å². The fourth-order valence-electron chi connectivity index (χ4n) is 5.50. The van der Waals surface area contributed by atoms with Crippen LogP contribution in [0.5, 0.6) is 5.75 Å². The molecule has 0 bridgehead atoms. The van der Waals surface area contributed by atoms with Gasteiger partial charge in [0.25, 0.3) is 5.91 Å². The van der Waals surface area contributed by atoms with Crippen LogP contribution in [0.1, 0.15) is 56.1 Å². The number of H-pyrrole nitrogens is 1. The Morgan fingerprint density at radius 3 is 2.45 bits per heavy atom. The van der Waals surface area contributed by atoms with E-state index in [0.29, 0.717) is 30.8 Å². The number of fused-ring (bicyclic) bond motifs is 1. The fourth-order valence-corrected chi connectivity index (χ4v) is 5.60. The van der Waals surface area contributed by atoms with Gasteiger partial charge in [-0.1, -0.05) is 41.9 Å². The van der Waals surface area contributed by atoms with Crippen LogP contribution >= 0.6 is 11.6 Å². The Morgan fingerprint density at radius 1 is 1.10 bits per heavy atom. The smallest absolute Gasteiger partial charge is 0.268 e. The van der Waals surface area contributed by atoms with Crippen molar-refractivity contribution >= 4 is 28.4 Å². The molecule has 1 amide bonds. The molecule has 0 saturated carbocycles. The van der Waals surface area contributed by atoms with Crippen LogP contribution in [0.3, 0.4) is 0 Å². The number of aromatic nitrogens is 3. The van der Waals surface area contributed by atoms with Crippen molar-refractivity contribution in [2.45, 2.75) is 47.1 Å².